The molecule has 160 valence electrons. The summed E-state index contributed by atoms with van der Waals surface area (Å²) in [6.07, 6.45) is 0. The van der Waals surface area contributed by atoms with E-state index in [0.717, 1.165) is 16.8 Å². The number of rotatable bonds is 4. The Balaban J connectivity index is 1.90. The number of anilines is 2. The molecule has 1 aliphatic heterocycles. The molecule has 0 atom stereocenters. The first-order valence-corrected chi connectivity index (χ1v) is 10.1. The normalized spacial score (nSPS) is 16.3. The van der Waals surface area contributed by atoms with Gasteiger partial charge in [-0.05, 0) is 67.9 Å². The fourth-order valence-corrected chi connectivity index (χ4v) is 3.82. The molecule has 0 radical (unpaired) electrons. The van der Waals surface area contributed by atoms with E-state index in [1.807, 2.05) is 26.0 Å². The standard InChI is InChI=1S/C22H27N3O4S/c1-13-9-14(25(26)27)7-8-17(13)23-20(30)24-18-10-16-15(11-19(18)28-6)21(2,3)12-29-22(16,4)5/h7-11H,12H2,1-6H3,(H2,23,24,30). The zero-order chi connectivity index (χ0) is 22.3. The molecule has 0 unspecified atom stereocenters. The van der Waals surface area contributed by atoms with Crippen molar-refractivity contribution in [2.45, 2.75) is 45.6 Å². The number of nitro benzene ring substituents is 1. The Labute approximate surface area is 181 Å². The number of nitro groups is 1. The molecule has 0 saturated heterocycles. The van der Waals surface area contributed by atoms with Gasteiger partial charge in [-0.3, -0.25) is 10.1 Å². The van der Waals surface area contributed by atoms with E-state index in [0.29, 0.717) is 23.2 Å². The number of non-ortho nitro benzene ring substituents is 1. The van der Waals surface area contributed by atoms with E-state index in [1.54, 1.807) is 20.1 Å². The maximum atomic E-state index is 10.9. The van der Waals surface area contributed by atoms with E-state index in [4.69, 9.17) is 21.7 Å². The minimum Gasteiger partial charge on any atom is -0.495 e. The van der Waals surface area contributed by atoms with Crippen molar-refractivity contribution in [1.29, 1.82) is 0 Å². The number of hydrogen-bond donors (Lipinski definition) is 2. The molecule has 0 bridgehead atoms. The Kier molecular flexibility index (Phi) is 5.75. The van der Waals surface area contributed by atoms with Crippen molar-refractivity contribution in [2.24, 2.45) is 0 Å². The van der Waals surface area contributed by atoms with E-state index in [1.165, 1.54) is 17.7 Å². The van der Waals surface area contributed by atoms with E-state index in [-0.39, 0.29) is 11.1 Å². The first kappa shape index (κ1) is 22.0. The van der Waals surface area contributed by atoms with Crippen LogP contribution in [0.4, 0.5) is 17.1 Å². The van der Waals surface area contributed by atoms with Gasteiger partial charge in [-0.1, -0.05) is 13.8 Å². The minimum atomic E-state index is -0.433. The van der Waals surface area contributed by atoms with Crippen molar-refractivity contribution < 1.29 is 14.4 Å². The third kappa shape index (κ3) is 4.24. The number of fused-ring (bicyclic) bond motifs is 1. The van der Waals surface area contributed by atoms with Crippen LogP contribution in [0.5, 0.6) is 5.75 Å². The Morgan fingerprint density at radius 3 is 2.40 bits per heavy atom. The molecule has 7 nitrogen and oxygen atoms in total. The highest BCUT2D eigenvalue weighted by Crippen LogP contribution is 2.45. The molecule has 1 heterocycles. The molecular formula is C22H27N3O4S. The molecule has 0 saturated carbocycles. The fraction of sp³-hybridized carbons (Fsp3) is 0.409. The summed E-state index contributed by atoms with van der Waals surface area (Å²) < 4.78 is 11.7. The predicted molar refractivity (Wildman–Crippen MR) is 123 cm³/mol. The molecule has 0 fully saturated rings. The van der Waals surface area contributed by atoms with Gasteiger partial charge in [0.1, 0.15) is 5.75 Å². The van der Waals surface area contributed by atoms with Gasteiger partial charge in [0.25, 0.3) is 5.69 Å². The molecule has 0 amide bonds. The number of hydrogen-bond acceptors (Lipinski definition) is 5. The number of aryl methyl sites for hydroxylation is 1. The van der Waals surface area contributed by atoms with Crippen molar-refractivity contribution in [1.82, 2.24) is 0 Å². The van der Waals surface area contributed by atoms with Crippen LogP contribution in [-0.2, 0) is 15.8 Å². The topological polar surface area (TPSA) is 85.7 Å². The van der Waals surface area contributed by atoms with Gasteiger partial charge in [0.2, 0.25) is 0 Å². The van der Waals surface area contributed by atoms with Gasteiger partial charge in [-0.25, -0.2) is 0 Å². The Hall–Kier alpha value is -2.71. The smallest absolute Gasteiger partial charge is 0.269 e. The monoisotopic (exact) mass is 429 g/mol. The average molecular weight is 430 g/mol. The number of methoxy groups -OCH3 is 1. The summed E-state index contributed by atoms with van der Waals surface area (Å²) in [7, 11) is 1.63. The van der Waals surface area contributed by atoms with Crippen LogP contribution in [0.25, 0.3) is 0 Å². The minimum absolute atomic E-state index is 0.0399. The van der Waals surface area contributed by atoms with Crippen molar-refractivity contribution in [2.75, 3.05) is 24.4 Å². The quantitative estimate of drug-likeness (QED) is 0.389. The van der Waals surface area contributed by atoms with E-state index in [2.05, 4.69) is 24.5 Å². The van der Waals surface area contributed by atoms with Gasteiger partial charge in [-0.2, -0.15) is 0 Å². The Morgan fingerprint density at radius 1 is 1.13 bits per heavy atom. The first-order valence-electron chi connectivity index (χ1n) is 9.64. The SMILES string of the molecule is COc1cc2c(cc1NC(=S)Nc1ccc([N+](=O)[O-])cc1C)C(C)(C)OCC2(C)C. The first-order chi connectivity index (χ1) is 13.9. The van der Waals surface area contributed by atoms with E-state index >= 15 is 0 Å². The molecule has 1 aliphatic rings. The van der Waals surface area contributed by atoms with Crippen LogP contribution in [0, 0.1) is 17.0 Å². The zero-order valence-corrected chi connectivity index (χ0v) is 18.9. The van der Waals surface area contributed by atoms with Crippen LogP contribution in [0.2, 0.25) is 0 Å². The second-order valence-electron chi connectivity index (χ2n) is 8.62. The lowest BCUT2D eigenvalue weighted by molar-refractivity contribution is -0.384. The number of nitrogens with zero attached hydrogens (tertiary/aromatic N) is 1. The van der Waals surface area contributed by atoms with Crippen LogP contribution in [0.3, 0.4) is 0 Å². The Morgan fingerprint density at radius 2 is 1.80 bits per heavy atom. The van der Waals surface area contributed by atoms with Gasteiger partial charge >= 0.3 is 0 Å². The lowest BCUT2D eigenvalue weighted by Crippen LogP contribution is -2.40. The van der Waals surface area contributed by atoms with Crippen LogP contribution in [0.15, 0.2) is 30.3 Å². The van der Waals surface area contributed by atoms with E-state index < -0.39 is 10.5 Å². The molecule has 2 aromatic rings. The second-order valence-corrected chi connectivity index (χ2v) is 9.02. The van der Waals surface area contributed by atoms with Gasteiger partial charge in [0, 0.05) is 23.2 Å². The molecule has 0 aromatic heterocycles. The highest BCUT2D eigenvalue weighted by atomic mass is 32.1. The predicted octanol–water partition coefficient (Wildman–Crippen LogP) is 5.26. The summed E-state index contributed by atoms with van der Waals surface area (Å²) in [6.45, 7) is 10.8. The molecule has 3 rings (SSSR count). The number of ether oxygens (including phenoxy) is 2. The third-order valence-electron chi connectivity index (χ3n) is 5.43. The van der Waals surface area contributed by atoms with Crippen LogP contribution >= 0.6 is 12.2 Å². The summed E-state index contributed by atoms with van der Waals surface area (Å²) in [6, 6.07) is 8.66. The van der Waals surface area contributed by atoms with Gasteiger partial charge in [0.15, 0.2) is 5.11 Å². The maximum absolute atomic E-state index is 10.9. The molecule has 0 spiro atoms. The summed E-state index contributed by atoms with van der Waals surface area (Å²) in [5, 5.41) is 17.6. The highest BCUT2D eigenvalue weighted by Gasteiger charge is 2.39. The molecule has 8 heteroatoms. The second kappa shape index (κ2) is 7.85. The third-order valence-corrected chi connectivity index (χ3v) is 5.63. The molecule has 2 aromatic carbocycles. The highest BCUT2D eigenvalue weighted by molar-refractivity contribution is 7.80. The summed E-state index contributed by atoms with van der Waals surface area (Å²) >= 11 is 5.48. The average Bonchev–Trinajstić information content (AvgIpc) is 2.66. The number of benzene rings is 2. The summed E-state index contributed by atoms with van der Waals surface area (Å²) in [4.78, 5) is 10.5. The van der Waals surface area contributed by atoms with Gasteiger partial charge < -0.3 is 20.1 Å². The number of nitrogens with one attached hydrogen (secondary N) is 2. The molecule has 30 heavy (non-hydrogen) atoms. The number of thiocarbonyl (C=S) groups is 1. The lowest BCUT2D eigenvalue weighted by Gasteiger charge is -2.42. The molecule has 0 aliphatic carbocycles. The van der Waals surface area contributed by atoms with Gasteiger partial charge in [-0.15, -0.1) is 0 Å². The fourth-order valence-electron chi connectivity index (χ4n) is 3.60. The van der Waals surface area contributed by atoms with Crippen LogP contribution in [0.1, 0.15) is 44.4 Å². The lowest BCUT2D eigenvalue weighted by atomic mass is 9.75. The molecule has 2 N–H and O–H groups in total. The maximum Gasteiger partial charge on any atom is 0.269 e. The van der Waals surface area contributed by atoms with Crippen molar-refractivity contribution in [3.8, 4) is 5.75 Å². The zero-order valence-electron chi connectivity index (χ0n) is 18.1. The van der Waals surface area contributed by atoms with Crippen LogP contribution in [-0.4, -0.2) is 23.8 Å². The summed E-state index contributed by atoms with van der Waals surface area (Å²) in [5.74, 6) is 0.684. The van der Waals surface area contributed by atoms with Crippen molar-refractivity contribution >= 4 is 34.4 Å². The van der Waals surface area contributed by atoms with E-state index in [9.17, 15) is 10.1 Å². The Bertz CT molecular complexity index is 1020. The van der Waals surface area contributed by atoms with Gasteiger partial charge in [0.05, 0.1) is 29.9 Å². The molecular weight excluding hydrogens is 402 g/mol. The largest absolute Gasteiger partial charge is 0.495 e. The van der Waals surface area contributed by atoms with Crippen molar-refractivity contribution in [3.63, 3.8) is 0 Å². The van der Waals surface area contributed by atoms with Crippen molar-refractivity contribution in [3.05, 3.63) is 57.1 Å². The van der Waals surface area contributed by atoms with Crippen LogP contribution < -0.4 is 15.4 Å². The summed E-state index contributed by atoms with van der Waals surface area (Å²) in [5.41, 5.74) is 3.88.